The fraction of sp³-hybridized carbons (Fsp3) is 0.769. The van der Waals surface area contributed by atoms with Crippen LogP contribution in [0, 0.1) is 0 Å². The maximum Gasteiger partial charge on any atom is 0.195 e. The van der Waals surface area contributed by atoms with Crippen molar-refractivity contribution in [1.82, 2.24) is 10.3 Å². The second kappa shape index (κ2) is 6.17. The maximum absolute atomic E-state index is 5.74. The first-order valence-electron chi connectivity index (χ1n) is 6.25. The second-order valence-electron chi connectivity index (χ2n) is 4.77. The minimum absolute atomic E-state index is 0.364. The summed E-state index contributed by atoms with van der Waals surface area (Å²) in [6, 6.07) is 0.490. The van der Waals surface area contributed by atoms with Crippen LogP contribution in [0.5, 0.6) is 0 Å². The topological polar surface area (TPSA) is 47.3 Å². The molecule has 4 heteroatoms. The fourth-order valence-electron chi connectivity index (χ4n) is 1.56. The summed E-state index contributed by atoms with van der Waals surface area (Å²) in [7, 11) is 1.70. The van der Waals surface area contributed by atoms with Crippen molar-refractivity contribution in [3.8, 4) is 0 Å². The summed E-state index contributed by atoms with van der Waals surface area (Å²) < 4.78 is 11.2. The van der Waals surface area contributed by atoms with Crippen molar-refractivity contribution in [2.75, 3.05) is 13.7 Å². The molecule has 1 aromatic rings. The molecule has 17 heavy (non-hydrogen) atoms. The summed E-state index contributed by atoms with van der Waals surface area (Å²) in [5.74, 6) is 1.58. The zero-order valence-corrected chi connectivity index (χ0v) is 11.5. The van der Waals surface area contributed by atoms with Crippen LogP contribution in [0.15, 0.2) is 10.6 Å². The Morgan fingerprint density at radius 2 is 2.24 bits per heavy atom. The molecule has 98 valence electrons. The number of rotatable bonds is 7. The molecular weight excluding hydrogens is 216 g/mol. The minimum Gasteiger partial charge on any atom is -0.443 e. The summed E-state index contributed by atoms with van der Waals surface area (Å²) in [5, 5.41) is 3.34. The van der Waals surface area contributed by atoms with Gasteiger partial charge in [-0.25, -0.2) is 4.98 Å². The van der Waals surface area contributed by atoms with Crippen molar-refractivity contribution in [3.05, 3.63) is 17.8 Å². The van der Waals surface area contributed by atoms with E-state index >= 15 is 0 Å². The lowest BCUT2D eigenvalue weighted by atomic mass is 10.0. The van der Waals surface area contributed by atoms with Gasteiger partial charge in [-0.2, -0.15) is 0 Å². The van der Waals surface area contributed by atoms with Crippen LogP contribution in [-0.4, -0.2) is 24.7 Å². The highest BCUT2D eigenvalue weighted by Gasteiger charge is 2.28. The van der Waals surface area contributed by atoms with Crippen LogP contribution < -0.4 is 5.32 Å². The number of aromatic nitrogens is 1. The molecule has 0 bridgehead atoms. The molecule has 0 radical (unpaired) electrons. The van der Waals surface area contributed by atoms with Crippen molar-refractivity contribution in [1.29, 1.82) is 0 Å². The van der Waals surface area contributed by atoms with E-state index in [2.05, 4.69) is 31.1 Å². The molecule has 0 saturated carbocycles. The number of nitrogens with one attached hydrogen (secondary N) is 1. The van der Waals surface area contributed by atoms with Gasteiger partial charge in [0.25, 0.3) is 0 Å². The van der Waals surface area contributed by atoms with Crippen LogP contribution in [-0.2, 0) is 16.8 Å². The molecular formula is C13H24N2O2. The molecule has 0 aliphatic heterocycles. The molecule has 1 N–H and O–H groups in total. The third-order valence-corrected chi connectivity index (χ3v) is 3.09. The van der Waals surface area contributed by atoms with Gasteiger partial charge < -0.3 is 14.5 Å². The molecule has 0 aromatic carbocycles. The van der Waals surface area contributed by atoms with Gasteiger partial charge in [0.1, 0.15) is 5.60 Å². The Morgan fingerprint density at radius 3 is 2.76 bits per heavy atom. The molecule has 4 nitrogen and oxygen atoms in total. The van der Waals surface area contributed by atoms with E-state index in [4.69, 9.17) is 9.15 Å². The lowest BCUT2D eigenvalue weighted by molar-refractivity contribution is -0.0197. The summed E-state index contributed by atoms with van der Waals surface area (Å²) in [4.78, 5) is 4.29. The lowest BCUT2D eigenvalue weighted by Crippen LogP contribution is -2.25. The Kier molecular flexibility index (Phi) is 5.15. The normalized spacial score (nSPS) is 15.2. The van der Waals surface area contributed by atoms with Crippen LogP contribution in [0.25, 0.3) is 0 Å². The van der Waals surface area contributed by atoms with Crippen LogP contribution in [0.2, 0.25) is 0 Å². The SMILES string of the molecule is CCC(C)(OC)c1cnc(CCNC(C)C)o1. The molecule has 1 aromatic heterocycles. The van der Waals surface area contributed by atoms with E-state index in [-0.39, 0.29) is 5.60 Å². The van der Waals surface area contributed by atoms with E-state index in [1.165, 1.54) is 0 Å². The molecule has 0 aliphatic rings. The first kappa shape index (κ1) is 14.2. The number of methoxy groups -OCH3 is 1. The number of oxazole rings is 1. The van der Waals surface area contributed by atoms with E-state index in [0.29, 0.717) is 6.04 Å². The molecule has 0 saturated heterocycles. The number of nitrogens with zero attached hydrogens (tertiary/aromatic N) is 1. The quantitative estimate of drug-likeness (QED) is 0.795. The number of ether oxygens (including phenoxy) is 1. The second-order valence-corrected chi connectivity index (χ2v) is 4.77. The Hall–Kier alpha value is -0.870. The summed E-state index contributed by atoms with van der Waals surface area (Å²) in [6.07, 6.45) is 3.45. The van der Waals surface area contributed by atoms with Crippen molar-refractivity contribution in [2.45, 2.75) is 52.2 Å². The molecule has 1 atom stereocenters. The maximum atomic E-state index is 5.74. The van der Waals surface area contributed by atoms with Crippen LogP contribution in [0.1, 0.15) is 45.8 Å². The van der Waals surface area contributed by atoms with Gasteiger partial charge >= 0.3 is 0 Å². The number of hydrogen-bond acceptors (Lipinski definition) is 4. The highest BCUT2D eigenvalue weighted by atomic mass is 16.5. The largest absolute Gasteiger partial charge is 0.443 e. The van der Waals surface area contributed by atoms with Gasteiger partial charge in [-0.3, -0.25) is 0 Å². The summed E-state index contributed by atoms with van der Waals surface area (Å²) in [6.45, 7) is 9.23. The third kappa shape index (κ3) is 3.82. The highest BCUT2D eigenvalue weighted by Crippen LogP contribution is 2.28. The standard InChI is InChI=1S/C13H24N2O2/c1-6-13(4,16-5)11-9-15-12(17-11)7-8-14-10(2)3/h9-10,14H,6-8H2,1-5H3. The van der Waals surface area contributed by atoms with Crippen LogP contribution >= 0.6 is 0 Å². The van der Waals surface area contributed by atoms with Gasteiger partial charge in [-0.05, 0) is 13.3 Å². The van der Waals surface area contributed by atoms with Crippen molar-refractivity contribution >= 4 is 0 Å². The molecule has 0 aliphatic carbocycles. The molecule has 0 spiro atoms. The van der Waals surface area contributed by atoms with Crippen LogP contribution in [0.3, 0.4) is 0 Å². The molecule has 0 amide bonds. The summed E-state index contributed by atoms with van der Waals surface area (Å²) >= 11 is 0. The van der Waals surface area contributed by atoms with Gasteiger partial charge in [0.15, 0.2) is 11.7 Å². The zero-order valence-electron chi connectivity index (χ0n) is 11.5. The average molecular weight is 240 g/mol. The van der Waals surface area contributed by atoms with E-state index in [0.717, 1.165) is 31.0 Å². The van der Waals surface area contributed by atoms with E-state index < -0.39 is 0 Å². The smallest absolute Gasteiger partial charge is 0.195 e. The van der Waals surface area contributed by atoms with E-state index in [1.807, 2.05) is 6.92 Å². The van der Waals surface area contributed by atoms with Gasteiger partial charge in [-0.1, -0.05) is 20.8 Å². The van der Waals surface area contributed by atoms with Gasteiger partial charge in [-0.15, -0.1) is 0 Å². The van der Waals surface area contributed by atoms with Crippen molar-refractivity contribution in [3.63, 3.8) is 0 Å². The lowest BCUT2D eigenvalue weighted by Gasteiger charge is -2.23. The monoisotopic (exact) mass is 240 g/mol. The zero-order chi connectivity index (χ0) is 12.9. The predicted molar refractivity (Wildman–Crippen MR) is 68.0 cm³/mol. The first-order valence-corrected chi connectivity index (χ1v) is 6.25. The predicted octanol–water partition coefficient (Wildman–Crippen LogP) is 2.49. The van der Waals surface area contributed by atoms with E-state index in [1.54, 1.807) is 13.3 Å². The number of hydrogen-bond donors (Lipinski definition) is 1. The van der Waals surface area contributed by atoms with Crippen molar-refractivity contribution < 1.29 is 9.15 Å². The van der Waals surface area contributed by atoms with Gasteiger partial charge in [0, 0.05) is 26.1 Å². The fourth-order valence-corrected chi connectivity index (χ4v) is 1.56. The van der Waals surface area contributed by atoms with Gasteiger partial charge in [0.05, 0.1) is 6.20 Å². The average Bonchev–Trinajstić information content (AvgIpc) is 2.77. The highest BCUT2D eigenvalue weighted by molar-refractivity contribution is 5.05. The summed E-state index contributed by atoms with van der Waals surface area (Å²) in [5.41, 5.74) is -0.364. The first-order chi connectivity index (χ1) is 8.01. The third-order valence-electron chi connectivity index (χ3n) is 3.09. The Balaban J connectivity index is 2.59. The van der Waals surface area contributed by atoms with E-state index in [9.17, 15) is 0 Å². The molecule has 0 fully saturated rings. The molecule has 1 rings (SSSR count). The minimum atomic E-state index is -0.364. The Morgan fingerprint density at radius 1 is 1.53 bits per heavy atom. The molecule has 1 unspecified atom stereocenters. The Labute approximate surface area is 104 Å². The van der Waals surface area contributed by atoms with Crippen molar-refractivity contribution in [2.24, 2.45) is 0 Å². The van der Waals surface area contributed by atoms with Gasteiger partial charge in [0.2, 0.25) is 0 Å². The Bertz CT molecular complexity index is 330. The van der Waals surface area contributed by atoms with Crippen LogP contribution in [0.4, 0.5) is 0 Å². The molecule has 1 heterocycles.